The standard InChI is InChI=1S/C26H25NO5/c1-17(28)21-7-3-4-8-22(21)18-11-12-23-19(13-18)14-20(32-23)15-27-26(29)16-31-25-10-6-5-9-24(25)30-2/h3-13,20H,14-16H2,1-2H3,(H,27,29)/t20-/m1/s1. The molecule has 164 valence electrons. The Balaban J connectivity index is 1.34. The van der Waals surface area contributed by atoms with E-state index in [0.717, 1.165) is 22.4 Å². The number of fused-ring (bicyclic) bond motifs is 1. The first kappa shape index (κ1) is 21.4. The van der Waals surface area contributed by atoms with E-state index in [-0.39, 0.29) is 24.4 Å². The van der Waals surface area contributed by atoms with Crippen molar-refractivity contribution in [1.82, 2.24) is 5.32 Å². The van der Waals surface area contributed by atoms with Crippen LogP contribution in [-0.2, 0) is 11.2 Å². The van der Waals surface area contributed by atoms with Crippen molar-refractivity contribution in [3.8, 4) is 28.4 Å². The van der Waals surface area contributed by atoms with Crippen LogP contribution < -0.4 is 19.5 Å². The van der Waals surface area contributed by atoms with Crippen LogP contribution in [0.2, 0.25) is 0 Å². The molecule has 0 bridgehead atoms. The van der Waals surface area contributed by atoms with Gasteiger partial charge in [-0.1, -0.05) is 42.5 Å². The minimum Gasteiger partial charge on any atom is -0.493 e. The van der Waals surface area contributed by atoms with E-state index in [4.69, 9.17) is 14.2 Å². The number of para-hydroxylation sites is 2. The van der Waals surface area contributed by atoms with Crippen LogP contribution in [0.5, 0.6) is 17.2 Å². The maximum atomic E-state index is 12.2. The highest BCUT2D eigenvalue weighted by Gasteiger charge is 2.24. The van der Waals surface area contributed by atoms with E-state index in [1.807, 2.05) is 48.5 Å². The number of amides is 1. The normalized spacial score (nSPS) is 14.2. The number of carbonyl (C=O) groups excluding carboxylic acids is 2. The lowest BCUT2D eigenvalue weighted by atomic mass is 9.95. The molecule has 1 atom stereocenters. The fraction of sp³-hybridized carbons (Fsp3) is 0.231. The van der Waals surface area contributed by atoms with Gasteiger partial charge < -0.3 is 19.5 Å². The number of rotatable bonds is 8. The van der Waals surface area contributed by atoms with Crippen LogP contribution >= 0.6 is 0 Å². The Morgan fingerprint density at radius 3 is 2.56 bits per heavy atom. The second kappa shape index (κ2) is 9.56. The van der Waals surface area contributed by atoms with Gasteiger partial charge in [0.2, 0.25) is 0 Å². The number of benzene rings is 3. The zero-order chi connectivity index (χ0) is 22.5. The largest absolute Gasteiger partial charge is 0.493 e. The van der Waals surface area contributed by atoms with Gasteiger partial charge in [-0.2, -0.15) is 0 Å². The smallest absolute Gasteiger partial charge is 0.258 e. The molecular formula is C26H25NO5. The van der Waals surface area contributed by atoms with Gasteiger partial charge in [0.05, 0.1) is 13.7 Å². The molecule has 0 spiro atoms. The molecule has 1 aliphatic rings. The molecule has 0 saturated heterocycles. The van der Waals surface area contributed by atoms with Crippen molar-refractivity contribution in [2.45, 2.75) is 19.4 Å². The Labute approximate surface area is 187 Å². The molecule has 3 aromatic rings. The number of Topliss-reactive ketones (excluding diaryl/α,β-unsaturated/α-hetero) is 1. The molecule has 1 heterocycles. The maximum absolute atomic E-state index is 12.2. The summed E-state index contributed by atoms with van der Waals surface area (Å²) in [6.45, 7) is 1.85. The summed E-state index contributed by atoms with van der Waals surface area (Å²) in [6.07, 6.45) is 0.525. The van der Waals surface area contributed by atoms with Crippen molar-refractivity contribution in [3.05, 3.63) is 77.9 Å². The lowest BCUT2D eigenvalue weighted by Crippen LogP contribution is -2.37. The van der Waals surface area contributed by atoms with Crippen LogP contribution in [-0.4, -0.2) is 38.1 Å². The zero-order valence-corrected chi connectivity index (χ0v) is 18.1. The van der Waals surface area contributed by atoms with Crippen LogP contribution in [0.3, 0.4) is 0 Å². The van der Waals surface area contributed by atoms with E-state index in [2.05, 4.69) is 11.4 Å². The van der Waals surface area contributed by atoms with Gasteiger partial charge in [0.25, 0.3) is 5.91 Å². The summed E-state index contributed by atoms with van der Waals surface area (Å²) in [6, 6.07) is 20.7. The molecule has 1 N–H and O–H groups in total. The van der Waals surface area contributed by atoms with Crippen LogP contribution in [0, 0.1) is 0 Å². The van der Waals surface area contributed by atoms with Gasteiger partial charge in [0, 0.05) is 12.0 Å². The molecule has 0 fully saturated rings. The number of ether oxygens (including phenoxy) is 3. The van der Waals surface area contributed by atoms with Gasteiger partial charge in [0.15, 0.2) is 23.9 Å². The number of nitrogens with one attached hydrogen (secondary N) is 1. The van der Waals surface area contributed by atoms with E-state index in [0.29, 0.717) is 30.0 Å². The SMILES string of the molecule is COc1ccccc1OCC(=O)NC[C@H]1Cc2cc(-c3ccccc3C(C)=O)ccc2O1. The molecular weight excluding hydrogens is 406 g/mol. The van der Waals surface area contributed by atoms with Crippen molar-refractivity contribution >= 4 is 11.7 Å². The van der Waals surface area contributed by atoms with Gasteiger partial charge in [-0.3, -0.25) is 9.59 Å². The molecule has 1 amide bonds. The zero-order valence-electron chi connectivity index (χ0n) is 18.1. The van der Waals surface area contributed by atoms with Crippen molar-refractivity contribution in [3.63, 3.8) is 0 Å². The fourth-order valence-electron chi connectivity index (χ4n) is 3.80. The summed E-state index contributed by atoms with van der Waals surface area (Å²) in [4.78, 5) is 24.2. The number of ketones is 1. The van der Waals surface area contributed by atoms with Gasteiger partial charge >= 0.3 is 0 Å². The van der Waals surface area contributed by atoms with Gasteiger partial charge in [0.1, 0.15) is 11.9 Å². The molecule has 0 aromatic heterocycles. The van der Waals surface area contributed by atoms with Crippen LogP contribution in [0.4, 0.5) is 0 Å². The second-order valence-electron chi connectivity index (χ2n) is 7.61. The number of hydrogen-bond donors (Lipinski definition) is 1. The highest BCUT2D eigenvalue weighted by molar-refractivity contribution is 6.00. The first-order chi connectivity index (χ1) is 15.5. The Bertz CT molecular complexity index is 1140. The maximum Gasteiger partial charge on any atom is 0.258 e. The third-order valence-corrected chi connectivity index (χ3v) is 5.37. The Morgan fingerprint density at radius 1 is 1.03 bits per heavy atom. The lowest BCUT2D eigenvalue weighted by Gasteiger charge is -2.13. The van der Waals surface area contributed by atoms with E-state index in [9.17, 15) is 9.59 Å². The van der Waals surface area contributed by atoms with Crippen LogP contribution in [0.15, 0.2) is 66.7 Å². The van der Waals surface area contributed by atoms with E-state index < -0.39 is 0 Å². The van der Waals surface area contributed by atoms with Gasteiger partial charge in [-0.15, -0.1) is 0 Å². The lowest BCUT2D eigenvalue weighted by molar-refractivity contribution is -0.123. The second-order valence-corrected chi connectivity index (χ2v) is 7.61. The quantitative estimate of drug-likeness (QED) is 0.545. The fourth-order valence-corrected chi connectivity index (χ4v) is 3.80. The van der Waals surface area contributed by atoms with E-state index >= 15 is 0 Å². The molecule has 0 saturated carbocycles. The Morgan fingerprint density at radius 2 is 1.78 bits per heavy atom. The highest BCUT2D eigenvalue weighted by atomic mass is 16.5. The van der Waals surface area contributed by atoms with Crippen molar-refractivity contribution < 1.29 is 23.8 Å². The van der Waals surface area contributed by atoms with E-state index in [1.54, 1.807) is 26.2 Å². The number of hydrogen-bond acceptors (Lipinski definition) is 5. The average molecular weight is 431 g/mol. The van der Waals surface area contributed by atoms with Crippen molar-refractivity contribution in [1.29, 1.82) is 0 Å². The Hall–Kier alpha value is -3.80. The Kier molecular flexibility index (Phi) is 6.40. The van der Waals surface area contributed by atoms with Gasteiger partial charge in [-0.25, -0.2) is 0 Å². The minimum atomic E-state index is -0.230. The molecule has 0 aliphatic carbocycles. The molecule has 6 heteroatoms. The monoisotopic (exact) mass is 431 g/mol. The first-order valence-electron chi connectivity index (χ1n) is 10.5. The number of methoxy groups -OCH3 is 1. The predicted molar refractivity (Wildman–Crippen MR) is 122 cm³/mol. The van der Waals surface area contributed by atoms with Gasteiger partial charge in [-0.05, 0) is 47.9 Å². The molecule has 6 nitrogen and oxygen atoms in total. The minimum absolute atomic E-state index is 0.0354. The first-order valence-corrected chi connectivity index (χ1v) is 10.5. The summed E-state index contributed by atoms with van der Waals surface area (Å²) in [5, 5.41) is 2.86. The summed E-state index contributed by atoms with van der Waals surface area (Å²) < 4.78 is 16.8. The molecule has 1 aliphatic heterocycles. The number of carbonyl (C=O) groups is 2. The summed E-state index contributed by atoms with van der Waals surface area (Å²) >= 11 is 0. The third kappa shape index (κ3) is 4.75. The summed E-state index contributed by atoms with van der Waals surface area (Å²) in [7, 11) is 1.56. The molecule has 4 rings (SSSR count). The molecule has 0 radical (unpaired) electrons. The molecule has 3 aromatic carbocycles. The van der Waals surface area contributed by atoms with Crippen LogP contribution in [0.1, 0.15) is 22.8 Å². The average Bonchev–Trinajstić information content (AvgIpc) is 3.23. The van der Waals surface area contributed by atoms with Crippen LogP contribution in [0.25, 0.3) is 11.1 Å². The summed E-state index contributed by atoms with van der Waals surface area (Å²) in [5.74, 6) is 1.71. The van der Waals surface area contributed by atoms with Crippen molar-refractivity contribution in [2.24, 2.45) is 0 Å². The third-order valence-electron chi connectivity index (χ3n) is 5.37. The molecule has 32 heavy (non-hydrogen) atoms. The predicted octanol–water partition coefficient (Wildman–Crippen LogP) is 4.06. The summed E-state index contributed by atoms with van der Waals surface area (Å²) in [5.41, 5.74) is 3.65. The highest BCUT2D eigenvalue weighted by Crippen LogP contribution is 2.34. The van der Waals surface area contributed by atoms with Crippen molar-refractivity contribution in [2.75, 3.05) is 20.3 Å². The van der Waals surface area contributed by atoms with E-state index in [1.165, 1.54) is 0 Å². The molecule has 0 unspecified atom stereocenters. The topological polar surface area (TPSA) is 73.9 Å².